The Morgan fingerprint density at radius 3 is 2.69 bits per heavy atom. The average molecular weight is 367 g/mol. The maximum absolute atomic E-state index is 13.2. The van der Waals surface area contributed by atoms with Gasteiger partial charge in [0.2, 0.25) is 0 Å². The smallest absolute Gasteiger partial charge is 0.157 e. The zero-order valence-corrected chi connectivity index (χ0v) is 15.0. The van der Waals surface area contributed by atoms with Crippen LogP contribution in [-0.2, 0) is 17.5 Å². The van der Waals surface area contributed by atoms with Crippen molar-refractivity contribution < 1.29 is 8.60 Å². The van der Waals surface area contributed by atoms with Gasteiger partial charge in [0, 0.05) is 29.8 Å². The predicted molar refractivity (Wildman–Crippen MR) is 103 cm³/mol. The van der Waals surface area contributed by atoms with Crippen LogP contribution in [0, 0.1) is 5.82 Å². The number of nitrogens with one attached hydrogen (secondary N) is 2. The van der Waals surface area contributed by atoms with Crippen molar-refractivity contribution in [3.63, 3.8) is 0 Å². The SMILES string of the molecule is CNCc1cc(-c2ccc3[nH]ccc3c2)n(S(=O)c2ccc(F)cc2)c1. The van der Waals surface area contributed by atoms with Crippen LogP contribution in [0.2, 0.25) is 0 Å². The summed E-state index contributed by atoms with van der Waals surface area (Å²) in [6, 6.07) is 15.9. The Hall–Kier alpha value is -2.70. The summed E-state index contributed by atoms with van der Waals surface area (Å²) in [5.74, 6) is -0.340. The van der Waals surface area contributed by atoms with Crippen molar-refractivity contribution in [2.45, 2.75) is 11.4 Å². The minimum absolute atomic E-state index is 0.340. The van der Waals surface area contributed by atoms with Crippen LogP contribution in [0.4, 0.5) is 4.39 Å². The number of aromatic nitrogens is 2. The quantitative estimate of drug-likeness (QED) is 0.559. The van der Waals surface area contributed by atoms with Gasteiger partial charge in [-0.2, -0.15) is 0 Å². The van der Waals surface area contributed by atoms with Gasteiger partial charge in [0.25, 0.3) is 0 Å². The van der Waals surface area contributed by atoms with Crippen molar-refractivity contribution >= 4 is 21.9 Å². The van der Waals surface area contributed by atoms with E-state index >= 15 is 0 Å². The maximum atomic E-state index is 13.2. The first kappa shape index (κ1) is 16.8. The zero-order chi connectivity index (χ0) is 18.1. The Morgan fingerprint density at radius 1 is 1.12 bits per heavy atom. The van der Waals surface area contributed by atoms with Gasteiger partial charge in [0.05, 0.1) is 10.6 Å². The fourth-order valence-corrected chi connectivity index (χ4v) is 4.19. The van der Waals surface area contributed by atoms with Crippen molar-refractivity contribution in [3.8, 4) is 11.3 Å². The molecule has 132 valence electrons. The Balaban J connectivity index is 1.82. The predicted octanol–water partition coefficient (Wildman–Crippen LogP) is 4.07. The fraction of sp³-hybridized carbons (Fsp3) is 0.100. The number of hydrogen-bond acceptors (Lipinski definition) is 2. The largest absolute Gasteiger partial charge is 0.361 e. The molecule has 0 radical (unpaired) electrons. The molecule has 4 nitrogen and oxygen atoms in total. The Bertz CT molecular complexity index is 1080. The van der Waals surface area contributed by atoms with Crippen molar-refractivity contribution in [3.05, 3.63) is 78.4 Å². The van der Waals surface area contributed by atoms with Crippen LogP contribution >= 0.6 is 0 Å². The Labute approximate surface area is 153 Å². The number of nitrogens with zero attached hydrogens (tertiary/aromatic N) is 1. The van der Waals surface area contributed by atoms with E-state index in [0.29, 0.717) is 11.4 Å². The number of benzene rings is 2. The molecule has 0 saturated heterocycles. The summed E-state index contributed by atoms with van der Waals surface area (Å²) >= 11 is 0. The van der Waals surface area contributed by atoms with Gasteiger partial charge in [-0.15, -0.1) is 0 Å². The van der Waals surface area contributed by atoms with E-state index in [4.69, 9.17) is 0 Å². The molecule has 2 aromatic heterocycles. The summed E-state index contributed by atoms with van der Waals surface area (Å²) in [5.41, 5.74) is 3.94. The van der Waals surface area contributed by atoms with Gasteiger partial charge >= 0.3 is 0 Å². The van der Waals surface area contributed by atoms with Crippen molar-refractivity contribution in [2.75, 3.05) is 7.05 Å². The number of aromatic amines is 1. The minimum Gasteiger partial charge on any atom is -0.361 e. The maximum Gasteiger partial charge on any atom is 0.157 e. The summed E-state index contributed by atoms with van der Waals surface area (Å²) in [5, 5.41) is 4.22. The van der Waals surface area contributed by atoms with E-state index in [2.05, 4.69) is 16.4 Å². The second-order valence-electron chi connectivity index (χ2n) is 6.07. The first-order valence-electron chi connectivity index (χ1n) is 8.27. The first-order chi connectivity index (χ1) is 12.7. The summed E-state index contributed by atoms with van der Waals surface area (Å²) in [6.45, 7) is 0.674. The van der Waals surface area contributed by atoms with E-state index in [9.17, 15) is 8.60 Å². The van der Waals surface area contributed by atoms with Gasteiger partial charge in [-0.3, -0.25) is 3.97 Å². The van der Waals surface area contributed by atoms with Crippen LogP contribution in [0.15, 0.2) is 71.9 Å². The van der Waals surface area contributed by atoms with Crippen LogP contribution < -0.4 is 5.32 Å². The molecule has 2 heterocycles. The summed E-state index contributed by atoms with van der Waals surface area (Å²) in [7, 11) is 0.415. The number of H-pyrrole nitrogens is 1. The number of halogens is 1. The van der Waals surface area contributed by atoms with E-state index in [1.54, 1.807) is 16.1 Å². The molecule has 0 spiro atoms. The van der Waals surface area contributed by atoms with E-state index in [1.807, 2.05) is 43.7 Å². The monoisotopic (exact) mass is 367 g/mol. The molecule has 26 heavy (non-hydrogen) atoms. The van der Waals surface area contributed by atoms with E-state index in [-0.39, 0.29) is 5.82 Å². The highest BCUT2D eigenvalue weighted by atomic mass is 32.2. The van der Waals surface area contributed by atoms with E-state index in [1.165, 1.54) is 12.1 Å². The molecule has 1 atom stereocenters. The molecule has 0 amide bonds. The lowest BCUT2D eigenvalue weighted by Gasteiger charge is -2.09. The van der Waals surface area contributed by atoms with E-state index < -0.39 is 11.0 Å². The van der Waals surface area contributed by atoms with E-state index in [0.717, 1.165) is 27.7 Å². The molecule has 2 aromatic carbocycles. The zero-order valence-electron chi connectivity index (χ0n) is 14.2. The standard InChI is InChI=1S/C20H18FN3OS/c1-22-12-14-10-20(16-2-7-19-15(11-16)8-9-23-19)24(13-14)26(25)18-5-3-17(21)4-6-18/h2-11,13,22-23H,12H2,1H3. The highest BCUT2D eigenvalue weighted by Gasteiger charge is 2.15. The highest BCUT2D eigenvalue weighted by molar-refractivity contribution is 7.83. The molecule has 2 N–H and O–H groups in total. The molecule has 0 fully saturated rings. The normalized spacial score (nSPS) is 12.5. The molecule has 1 unspecified atom stereocenters. The lowest BCUT2D eigenvalue weighted by Crippen LogP contribution is -2.06. The molecule has 0 bridgehead atoms. The first-order valence-corrected chi connectivity index (χ1v) is 9.37. The highest BCUT2D eigenvalue weighted by Crippen LogP contribution is 2.28. The van der Waals surface area contributed by atoms with Crippen molar-refractivity contribution in [1.82, 2.24) is 14.3 Å². The third kappa shape index (κ3) is 3.09. The Morgan fingerprint density at radius 2 is 1.92 bits per heavy atom. The van der Waals surface area contributed by atoms with Gasteiger partial charge in [0.1, 0.15) is 5.82 Å². The second-order valence-corrected chi connectivity index (χ2v) is 7.44. The summed E-state index contributed by atoms with van der Waals surface area (Å²) in [4.78, 5) is 3.74. The van der Waals surface area contributed by atoms with Crippen LogP contribution in [0.25, 0.3) is 22.2 Å². The topological polar surface area (TPSA) is 49.8 Å². The molecule has 4 rings (SSSR count). The van der Waals surface area contributed by atoms with Crippen LogP contribution in [0.3, 0.4) is 0 Å². The average Bonchev–Trinajstić information content (AvgIpc) is 3.28. The van der Waals surface area contributed by atoms with Crippen molar-refractivity contribution in [1.29, 1.82) is 0 Å². The van der Waals surface area contributed by atoms with Gasteiger partial charge in [-0.05, 0) is 66.7 Å². The van der Waals surface area contributed by atoms with Crippen LogP contribution in [-0.4, -0.2) is 20.2 Å². The van der Waals surface area contributed by atoms with Crippen LogP contribution in [0.5, 0.6) is 0 Å². The number of fused-ring (bicyclic) bond motifs is 1. The lowest BCUT2D eigenvalue weighted by atomic mass is 10.1. The molecule has 0 aliphatic rings. The fourth-order valence-electron chi connectivity index (χ4n) is 3.02. The summed E-state index contributed by atoms with van der Waals surface area (Å²) < 4.78 is 28.1. The minimum atomic E-state index is -1.46. The number of rotatable bonds is 5. The second kappa shape index (κ2) is 6.90. The molecule has 0 aliphatic carbocycles. The molecule has 0 aliphatic heterocycles. The lowest BCUT2D eigenvalue weighted by molar-refractivity contribution is 0.626. The third-order valence-electron chi connectivity index (χ3n) is 4.27. The molecular weight excluding hydrogens is 349 g/mol. The van der Waals surface area contributed by atoms with Gasteiger partial charge in [-0.25, -0.2) is 8.60 Å². The molecule has 0 saturated carbocycles. The van der Waals surface area contributed by atoms with Crippen molar-refractivity contribution in [2.24, 2.45) is 0 Å². The van der Waals surface area contributed by atoms with Gasteiger partial charge in [-0.1, -0.05) is 6.07 Å². The molecular formula is C20H18FN3OS. The number of hydrogen-bond donors (Lipinski definition) is 2. The summed E-state index contributed by atoms with van der Waals surface area (Å²) in [6.07, 6.45) is 3.78. The molecule has 6 heteroatoms. The van der Waals surface area contributed by atoms with Gasteiger partial charge in [0.15, 0.2) is 11.0 Å². The van der Waals surface area contributed by atoms with Crippen LogP contribution in [0.1, 0.15) is 5.56 Å². The Kier molecular flexibility index (Phi) is 4.44. The van der Waals surface area contributed by atoms with Gasteiger partial charge < -0.3 is 10.3 Å². The molecule has 4 aromatic rings. The third-order valence-corrected chi connectivity index (χ3v) is 5.60.